The van der Waals surface area contributed by atoms with E-state index in [1.165, 1.54) is 24.0 Å². The van der Waals surface area contributed by atoms with Crippen molar-refractivity contribution in [1.82, 2.24) is 10.2 Å². The minimum atomic E-state index is -0.205. The van der Waals surface area contributed by atoms with Gasteiger partial charge in [0.05, 0.1) is 0 Å². The molecule has 2 saturated carbocycles. The molecule has 1 aromatic carbocycles. The van der Waals surface area contributed by atoms with E-state index < -0.39 is 0 Å². The van der Waals surface area contributed by atoms with E-state index in [-0.39, 0.29) is 11.7 Å². The highest BCUT2D eigenvalue weighted by molar-refractivity contribution is 5.92. The SMILES string of the molecule is CCc1ccc(C2NC3(CC3)C(=O)N2CC2CC2)cc1. The zero-order chi connectivity index (χ0) is 13.7. The molecule has 3 nitrogen and oxygen atoms in total. The Kier molecular flexibility index (Phi) is 2.68. The molecule has 4 rings (SSSR count). The Hall–Kier alpha value is -1.35. The van der Waals surface area contributed by atoms with Gasteiger partial charge in [-0.2, -0.15) is 0 Å². The lowest BCUT2D eigenvalue weighted by molar-refractivity contribution is -0.131. The molecule has 1 atom stereocenters. The van der Waals surface area contributed by atoms with Gasteiger partial charge < -0.3 is 4.90 Å². The number of hydrogen-bond acceptors (Lipinski definition) is 2. The summed E-state index contributed by atoms with van der Waals surface area (Å²) in [4.78, 5) is 14.7. The number of aryl methyl sites for hydroxylation is 1. The normalized spacial score (nSPS) is 27.4. The number of carbonyl (C=O) groups is 1. The first kappa shape index (κ1) is 12.4. The van der Waals surface area contributed by atoms with Crippen LogP contribution in [0.3, 0.4) is 0 Å². The second kappa shape index (κ2) is 4.32. The molecule has 0 radical (unpaired) electrons. The third-order valence-corrected chi connectivity index (χ3v) is 5.00. The van der Waals surface area contributed by atoms with Gasteiger partial charge >= 0.3 is 0 Å². The number of hydrogen-bond donors (Lipinski definition) is 1. The maximum atomic E-state index is 12.6. The third-order valence-electron chi connectivity index (χ3n) is 5.00. The average molecular weight is 270 g/mol. The van der Waals surface area contributed by atoms with Crippen molar-refractivity contribution < 1.29 is 4.79 Å². The van der Waals surface area contributed by atoms with Crippen LogP contribution in [0.5, 0.6) is 0 Å². The van der Waals surface area contributed by atoms with Crippen LogP contribution in [0.2, 0.25) is 0 Å². The largest absolute Gasteiger partial charge is 0.321 e. The minimum absolute atomic E-state index is 0.0940. The van der Waals surface area contributed by atoms with Crippen LogP contribution in [0.4, 0.5) is 0 Å². The summed E-state index contributed by atoms with van der Waals surface area (Å²) in [5.41, 5.74) is 2.39. The summed E-state index contributed by atoms with van der Waals surface area (Å²) >= 11 is 0. The van der Waals surface area contributed by atoms with Crippen LogP contribution in [0.25, 0.3) is 0 Å². The van der Waals surface area contributed by atoms with Gasteiger partial charge in [0, 0.05) is 6.54 Å². The van der Waals surface area contributed by atoms with E-state index in [1.54, 1.807) is 0 Å². The quantitative estimate of drug-likeness (QED) is 0.912. The maximum absolute atomic E-state index is 12.6. The van der Waals surface area contributed by atoms with E-state index in [2.05, 4.69) is 41.4 Å². The summed E-state index contributed by atoms with van der Waals surface area (Å²) in [6.07, 6.45) is 5.76. The Morgan fingerprint density at radius 1 is 1.25 bits per heavy atom. The number of benzene rings is 1. The summed E-state index contributed by atoms with van der Waals surface area (Å²) in [7, 11) is 0. The predicted octanol–water partition coefficient (Wildman–Crippen LogP) is 2.62. The number of nitrogens with zero attached hydrogens (tertiary/aromatic N) is 1. The van der Waals surface area contributed by atoms with Gasteiger partial charge in [-0.1, -0.05) is 31.2 Å². The highest BCUT2D eigenvalue weighted by Gasteiger charge is 2.59. The van der Waals surface area contributed by atoms with Gasteiger partial charge in [0.25, 0.3) is 0 Å². The molecule has 1 aliphatic heterocycles. The summed E-state index contributed by atoms with van der Waals surface area (Å²) < 4.78 is 0. The van der Waals surface area contributed by atoms with E-state index in [0.29, 0.717) is 5.91 Å². The fraction of sp³-hybridized carbons (Fsp3) is 0.588. The van der Waals surface area contributed by atoms with E-state index in [9.17, 15) is 4.79 Å². The van der Waals surface area contributed by atoms with Gasteiger partial charge in [-0.3, -0.25) is 10.1 Å². The average Bonchev–Trinajstić information content (AvgIpc) is 3.37. The third kappa shape index (κ3) is 1.96. The van der Waals surface area contributed by atoms with Crippen molar-refractivity contribution in [2.75, 3.05) is 6.54 Å². The molecule has 2 aliphatic carbocycles. The molecule has 1 N–H and O–H groups in total. The molecule has 0 aromatic heterocycles. The molecule has 3 aliphatic rings. The van der Waals surface area contributed by atoms with E-state index >= 15 is 0 Å². The van der Waals surface area contributed by atoms with Crippen molar-refractivity contribution in [2.24, 2.45) is 5.92 Å². The molecule has 0 bridgehead atoms. The molecule has 1 heterocycles. The monoisotopic (exact) mass is 270 g/mol. The van der Waals surface area contributed by atoms with Gasteiger partial charge in [-0.05, 0) is 49.1 Å². The standard InChI is InChI=1S/C17H22N2O/c1-2-12-5-7-14(8-6-12)15-18-17(9-10-17)16(20)19(15)11-13-3-4-13/h5-8,13,15,18H,2-4,9-11H2,1H3. The fourth-order valence-corrected chi connectivity index (χ4v) is 3.24. The number of carbonyl (C=O) groups excluding carboxylic acids is 1. The molecular formula is C17H22N2O. The van der Waals surface area contributed by atoms with Crippen LogP contribution < -0.4 is 5.32 Å². The number of amides is 1. The van der Waals surface area contributed by atoms with Crippen LogP contribution >= 0.6 is 0 Å². The van der Waals surface area contributed by atoms with Crippen molar-refractivity contribution in [3.63, 3.8) is 0 Å². The first-order valence-electron chi connectivity index (χ1n) is 7.89. The summed E-state index contributed by atoms with van der Waals surface area (Å²) in [5.74, 6) is 1.08. The van der Waals surface area contributed by atoms with E-state index in [0.717, 1.165) is 31.7 Å². The Balaban J connectivity index is 1.61. The van der Waals surface area contributed by atoms with E-state index in [4.69, 9.17) is 0 Å². The lowest BCUT2D eigenvalue weighted by Gasteiger charge is -2.24. The molecule has 1 aromatic rings. The van der Waals surface area contributed by atoms with Crippen LogP contribution in [0, 0.1) is 5.92 Å². The highest BCUT2D eigenvalue weighted by atomic mass is 16.2. The van der Waals surface area contributed by atoms with Gasteiger partial charge in [0.2, 0.25) is 5.91 Å². The molecule has 1 saturated heterocycles. The number of nitrogens with one attached hydrogen (secondary N) is 1. The first-order valence-corrected chi connectivity index (χ1v) is 7.89. The molecular weight excluding hydrogens is 248 g/mol. The van der Waals surface area contributed by atoms with Crippen molar-refractivity contribution in [2.45, 2.75) is 50.7 Å². The predicted molar refractivity (Wildman–Crippen MR) is 78.1 cm³/mol. The summed E-state index contributed by atoms with van der Waals surface area (Å²) in [6.45, 7) is 3.11. The second-order valence-electron chi connectivity index (χ2n) is 6.63. The molecule has 3 fully saturated rings. The van der Waals surface area contributed by atoms with Crippen molar-refractivity contribution in [1.29, 1.82) is 0 Å². The molecule has 1 unspecified atom stereocenters. The van der Waals surface area contributed by atoms with Gasteiger partial charge in [0.1, 0.15) is 11.7 Å². The minimum Gasteiger partial charge on any atom is -0.321 e. The molecule has 3 heteroatoms. The van der Waals surface area contributed by atoms with Crippen LogP contribution in [-0.2, 0) is 11.2 Å². The van der Waals surface area contributed by atoms with Gasteiger partial charge in [-0.25, -0.2) is 0 Å². The first-order chi connectivity index (χ1) is 9.72. The zero-order valence-electron chi connectivity index (χ0n) is 12.1. The Morgan fingerprint density at radius 3 is 2.50 bits per heavy atom. The second-order valence-corrected chi connectivity index (χ2v) is 6.63. The Labute approximate surface area is 120 Å². The van der Waals surface area contributed by atoms with Crippen molar-refractivity contribution in [3.8, 4) is 0 Å². The lowest BCUT2D eigenvalue weighted by atomic mass is 10.1. The summed E-state index contributed by atoms with van der Waals surface area (Å²) in [5, 5.41) is 3.60. The molecule has 1 spiro atoms. The van der Waals surface area contributed by atoms with Crippen LogP contribution in [0.15, 0.2) is 24.3 Å². The van der Waals surface area contributed by atoms with Crippen molar-refractivity contribution >= 4 is 5.91 Å². The lowest BCUT2D eigenvalue weighted by Crippen LogP contribution is -2.33. The number of rotatable bonds is 4. The van der Waals surface area contributed by atoms with Gasteiger partial charge in [-0.15, -0.1) is 0 Å². The maximum Gasteiger partial charge on any atom is 0.244 e. The molecule has 106 valence electrons. The molecule has 1 amide bonds. The van der Waals surface area contributed by atoms with Crippen molar-refractivity contribution in [3.05, 3.63) is 35.4 Å². The topological polar surface area (TPSA) is 32.3 Å². The smallest absolute Gasteiger partial charge is 0.244 e. The molecule has 20 heavy (non-hydrogen) atoms. The summed E-state index contributed by atoms with van der Waals surface area (Å²) in [6, 6.07) is 8.75. The zero-order valence-corrected chi connectivity index (χ0v) is 12.1. The Bertz CT molecular complexity index is 528. The van der Waals surface area contributed by atoms with Crippen LogP contribution in [0.1, 0.15) is 49.9 Å². The van der Waals surface area contributed by atoms with E-state index in [1.807, 2.05) is 0 Å². The highest BCUT2D eigenvalue weighted by Crippen LogP contribution is 2.47. The van der Waals surface area contributed by atoms with Crippen LogP contribution in [-0.4, -0.2) is 22.9 Å². The fourth-order valence-electron chi connectivity index (χ4n) is 3.24. The van der Waals surface area contributed by atoms with Gasteiger partial charge in [0.15, 0.2) is 0 Å². The Morgan fingerprint density at radius 2 is 1.95 bits per heavy atom.